The van der Waals surface area contributed by atoms with E-state index in [0.29, 0.717) is 49.9 Å². The van der Waals surface area contributed by atoms with Crippen molar-refractivity contribution < 1.29 is 23.3 Å². The molecule has 0 aromatic carbocycles. The van der Waals surface area contributed by atoms with E-state index < -0.39 is 11.0 Å². The molecule has 0 aromatic heterocycles. The maximum atomic E-state index is 14.3. The van der Waals surface area contributed by atoms with Crippen molar-refractivity contribution >= 4 is 22.9 Å². The number of rotatable bonds is 49. The Morgan fingerprint density at radius 2 is 0.824 bits per heavy atom. The minimum Gasteiger partial charge on any atom is -0.465 e. The summed E-state index contributed by atoms with van der Waals surface area (Å²) in [6.07, 6.45) is 46.7. The number of piperidine rings is 1. The van der Waals surface area contributed by atoms with E-state index in [0.717, 1.165) is 70.3 Å². The van der Waals surface area contributed by atoms with Crippen LogP contribution < -0.4 is 0 Å². The predicted molar refractivity (Wildman–Crippen MR) is 298 cm³/mol. The third kappa shape index (κ3) is 40.6. The van der Waals surface area contributed by atoms with Gasteiger partial charge in [-0.05, 0) is 109 Å². The van der Waals surface area contributed by atoms with Crippen molar-refractivity contribution in [3.8, 4) is 0 Å². The largest absolute Gasteiger partial charge is 0.465 e. The summed E-state index contributed by atoms with van der Waals surface area (Å²) in [6, 6.07) is 0.385. The zero-order valence-corrected chi connectivity index (χ0v) is 48.0. The van der Waals surface area contributed by atoms with Crippen LogP contribution in [0, 0.1) is 17.8 Å². The van der Waals surface area contributed by atoms with E-state index in [9.17, 15) is 13.8 Å². The molecule has 1 heterocycles. The van der Waals surface area contributed by atoms with Crippen LogP contribution in [0.15, 0.2) is 0 Å². The van der Waals surface area contributed by atoms with E-state index in [1.165, 1.54) is 199 Å². The Balaban J connectivity index is 0.0000221. The molecular formula is C60H120N2O5S. The van der Waals surface area contributed by atoms with Gasteiger partial charge in [-0.1, -0.05) is 222 Å². The van der Waals surface area contributed by atoms with Crippen LogP contribution in [-0.4, -0.2) is 77.0 Å². The highest BCUT2D eigenvalue weighted by Gasteiger charge is 2.28. The monoisotopic (exact) mass is 981 g/mol. The van der Waals surface area contributed by atoms with Gasteiger partial charge in [0.1, 0.15) is 0 Å². The van der Waals surface area contributed by atoms with Crippen molar-refractivity contribution in [2.24, 2.45) is 17.8 Å². The molecule has 0 aromatic rings. The molecule has 0 spiro atoms. The Morgan fingerprint density at radius 1 is 0.485 bits per heavy atom. The first kappa shape index (κ1) is 67.0. The molecule has 3 atom stereocenters. The molecule has 1 aliphatic rings. The highest BCUT2D eigenvalue weighted by atomic mass is 32.2. The minimum absolute atomic E-state index is 0.00104. The van der Waals surface area contributed by atoms with Gasteiger partial charge in [-0.3, -0.25) is 9.59 Å². The molecule has 1 fully saturated rings. The number of hydrogen-bond acceptors (Lipinski definition) is 6. The Bertz CT molecular complexity index is 1040. The van der Waals surface area contributed by atoms with E-state index in [1.54, 1.807) is 0 Å². The van der Waals surface area contributed by atoms with Crippen LogP contribution in [0.25, 0.3) is 0 Å². The summed E-state index contributed by atoms with van der Waals surface area (Å²) in [5.74, 6) is 2.51. The van der Waals surface area contributed by atoms with Gasteiger partial charge in [-0.25, -0.2) is 8.51 Å². The Hall–Kier alpha value is -0.990. The molecule has 0 saturated carbocycles. The van der Waals surface area contributed by atoms with Crippen molar-refractivity contribution in [3.05, 3.63) is 0 Å². The summed E-state index contributed by atoms with van der Waals surface area (Å²) < 4.78 is 28.4. The summed E-state index contributed by atoms with van der Waals surface area (Å²) in [5, 5.41) is 0. The minimum atomic E-state index is -0.926. The molecule has 1 rings (SSSR count). The molecule has 68 heavy (non-hydrogen) atoms. The Labute approximate surface area is 428 Å². The molecule has 1 saturated heterocycles. The van der Waals surface area contributed by atoms with Crippen LogP contribution in [0.4, 0.5) is 0 Å². The van der Waals surface area contributed by atoms with Crippen molar-refractivity contribution in [3.63, 3.8) is 0 Å². The van der Waals surface area contributed by atoms with Gasteiger partial charge >= 0.3 is 11.9 Å². The number of nitrogens with zero attached hydrogens (tertiary/aromatic N) is 2. The standard InChI is InChI=1S/C58H114N2O5S.C2H6/c1-7-12-17-20-29-36-49-66(63)60(50-53-45-47-59(6)48-46-53)56(41-32-25-21-23-27-34-43-57(61)64-51-54(37-15-10-4)39-30-18-13-8-2)42-33-26-22-24-28-35-44-58(62)65-52-55(38-16-11-5)40-31-19-14-9-3;1-2/h53-56H,7-52H2,1-6H3;1-2H3. The molecule has 0 aliphatic carbocycles. The molecule has 3 unspecified atom stereocenters. The predicted octanol–water partition coefficient (Wildman–Crippen LogP) is 17.9. The number of likely N-dealkylation sites (tertiary alicyclic amines) is 1. The lowest BCUT2D eigenvalue weighted by atomic mass is 9.95. The van der Waals surface area contributed by atoms with Crippen molar-refractivity contribution in [1.82, 2.24) is 9.21 Å². The number of esters is 2. The zero-order chi connectivity index (χ0) is 50.1. The summed E-state index contributed by atoms with van der Waals surface area (Å²) in [4.78, 5) is 27.7. The molecule has 8 heteroatoms. The van der Waals surface area contributed by atoms with Gasteiger partial charge in [0.25, 0.3) is 0 Å². The number of carbonyl (C=O) groups excluding carboxylic acids is 2. The fourth-order valence-electron chi connectivity index (χ4n) is 10.1. The number of hydrogen-bond donors (Lipinski definition) is 0. The van der Waals surface area contributed by atoms with Crippen LogP contribution in [0.5, 0.6) is 0 Å². The highest BCUT2D eigenvalue weighted by molar-refractivity contribution is 7.82. The van der Waals surface area contributed by atoms with Crippen LogP contribution in [0.1, 0.15) is 305 Å². The molecule has 0 N–H and O–H groups in total. The molecular weight excluding hydrogens is 861 g/mol. The summed E-state index contributed by atoms with van der Waals surface area (Å²) in [7, 11) is 1.32. The lowest BCUT2D eigenvalue weighted by molar-refractivity contribution is -0.146. The average molecular weight is 982 g/mol. The van der Waals surface area contributed by atoms with E-state index in [4.69, 9.17) is 9.47 Å². The molecule has 1 aliphatic heterocycles. The lowest BCUT2D eigenvalue weighted by Crippen LogP contribution is -2.43. The van der Waals surface area contributed by atoms with Gasteiger partial charge in [0, 0.05) is 31.2 Å². The van der Waals surface area contributed by atoms with Gasteiger partial charge in [-0.15, -0.1) is 0 Å². The second kappa shape index (κ2) is 50.9. The first-order valence-corrected chi connectivity index (χ1v) is 31.7. The van der Waals surface area contributed by atoms with E-state index >= 15 is 0 Å². The van der Waals surface area contributed by atoms with Gasteiger partial charge in [0.05, 0.1) is 24.2 Å². The average Bonchev–Trinajstić information content (AvgIpc) is 3.35. The van der Waals surface area contributed by atoms with Crippen molar-refractivity contribution in [2.75, 3.05) is 45.6 Å². The highest BCUT2D eigenvalue weighted by Crippen LogP contribution is 2.27. The Morgan fingerprint density at radius 3 is 1.25 bits per heavy atom. The first-order chi connectivity index (χ1) is 33.3. The normalized spacial score (nSPS) is 15.2. The lowest BCUT2D eigenvalue weighted by Gasteiger charge is -2.36. The van der Waals surface area contributed by atoms with E-state index in [1.807, 2.05) is 13.8 Å². The van der Waals surface area contributed by atoms with Crippen LogP contribution in [0.2, 0.25) is 0 Å². The number of carbonyl (C=O) groups is 2. The maximum Gasteiger partial charge on any atom is 0.305 e. The van der Waals surface area contributed by atoms with Crippen LogP contribution in [0.3, 0.4) is 0 Å². The van der Waals surface area contributed by atoms with Crippen LogP contribution >= 0.6 is 0 Å². The third-order valence-electron chi connectivity index (χ3n) is 14.8. The summed E-state index contributed by atoms with van der Waals surface area (Å²) in [5.41, 5.74) is 0. The molecule has 0 bridgehead atoms. The SMILES string of the molecule is CC.CCCCCCCCS(=O)N(CC1CCN(C)CC1)C(CCCCCCCCC(=O)OCC(CCCC)CCCCCC)CCCCCCCCC(=O)OCC(CCCC)CCCCCC. The van der Waals surface area contributed by atoms with Gasteiger partial charge in [0.15, 0.2) is 0 Å². The topological polar surface area (TPSA) is 76.2 Å². The maximum absolute atomic E-state index is 14.3. The smallest absolute Gasteiger partial charge is 0.305 e. The van der Waals surface area contributed by atoms with E-state index in [2.05, 4.69) is 50.9 Å². The summed E-state index contributed by atoms with van der Waals surface area (Å²) >= 11 is 0. The van der Waals surface area contributed by atoms with Gasteiger partial charge in [0.2, 0.25) is 0 Å². The molecule has 406 valence electrons. The van der Waals surface area contributed by atoms with Crippen molar-refractivity contribution in [2.45, 2.75) is 311 Å². The fraction of sp³-hybridized carbons (Fsp3) is 0.967. The third-order valence-corrected chi connectivity index (χ3v) is 16.4. The second-order valence-electron chi connectivity index (χ2n) is 21.2. The molecule has 0 radical (unpaired) electrons. The van der Waals surface area contributed by atoms with Crippen LogP contribution in [-0.2, 0) is 30.0 Å². The Kier molecular flexibility index (Phi) is 50.2. The quantitative estimate of drug-likeness (QED) is 0.0447. The van der Waals surface area contributed by atoms with E-state index in [-0.39, 0.29) is 11.9 Å². The summed E-state index contributed by atoms with van der Waals surface area (Å²) in [6.45, 7) is 19.8. The first-order valence-electron chi connectivity index (χ1n) is 30.4. The van der Waals surface area contributed by atoms with Crippen molar-refractivity contribution in [1.29, 1.82) is 0 Å². The number of ether oxygens (including phenoxy) is 2. The van der Waals surface area contributed by atoms with Gasteiger partial charge in [-0.2, -0.15) is 0 Å². The zero-order valence-electron chi connectivity index (χ0n) is 47.2. The molecule has 7 nitrogen and oxygen atoms in total. The molecule has 0 amide bonds. The second-order valence-corrected chi connectivity index (χ2v) is 22.7. The fourth-order valence-corrected chi connectivity index (χ4v) is 11.7. The number of unbranched alkanes of at least 4 members (excludes halogenated alkanes) is 23. The van der Waals surface area contributed by atoms with Gasteiger partial charge < -0.3 is 14.4 Å².